The van der Waals surface area contributed by atoms with Crippen molar-refractivity contribution in [2.75, 3.05) is 39.8 Å². The molecule has 3 unspecified atom stereocenters. The van der Waals surface area contributed by atoms with E-state index in [0.29, 0.717) is 0 Å². The van der Waals surface area contributed by atoms with Gasteiger partial charge in [0, 0.05) is 25.2 Å². The summed E-state index contributed by atoms with van der Waals surface area (Å²) in [6.45, 7) is 6.75. The SMILES string of the molecule is CNC1CCCC1CN1CCC(N2CCCCC2)C1. The van der Waals surface area contributed by atoms with Gasteiger partial charge in [-0.25, -0.2) is 0 Å². The van der Waals surface area contributed by atoms with Crippen LogP contribution < -0.4 is 5.32 Å². The second kappa shape index (κ2) is 6.55. The molecular formula is C16H31N3. The van der Waals surface area contributed by atoms with Gasteiger partial charge in [-0.1, -0.05) is 12.8 Å². The Morgan fingerprint density at radius 2 is 1.79 bits per heavy atom. The van der Waals surface area contributed by atoms with Gasteiger partial charge in [-0.15, -0.1) is 0 Å². The Morgan fingerprint density at radius 3 is 2.58 bits per heavy atom. The number of nitrogens with zero attached hydrogens (tertiary/aromatic N) is 2. The largest absolute Gasteiger partial charge is 0.317 e. The Morgan fingerprint density at radius 1 is 0.947 bits per heavy atom. The minimum absolute atomic E-state index is 0.786. The van der Waals surface area contributed by atoms with Crippen LogP contribution in [-0.4, -0.2) is 61.7 Å². The number of hydrogen-bond acceptors (Lipinski definition) is 3. The molecule has 0 aromatic heterocycles. The Kier molecular flexibility index (Phi) is 4.78. The topological polar surface area (TPSA) is 18.5 Å². The molecule has 3 nitrogen and oxygen atoms in total. The maximum absolute atomic E-state index is 3.53. The first-order valence-corrected chi connectivity index (χ1v) is 8.50. The molecule has 3 heteroatoms. The highest BCUT2D eigenvalue weighted by Crippen LogP contribution is 2.28. The molecule has 3 atom stereocenters. The zero-order valence-electron chi connectivity index (χ0n) is 12.6. The van der Waals surface area contributed by atoms with Crippen LogP contribution in [0.2, 0.25) is 0 Å². The van der Waals surface area contributed by atoms with Crippen molar-refractivity contribution in [1.82, 2.24) is 15.1 Å². The summed E-state index contributed by atoms with van der Waals surface area (Å²) in [5, 5.41) is 3.53. The van der Waals surface area contributed by atoms with Crippen LogP contribution in [0.1, 0.15) is 44.9 Å². The van der Waals surface area contributed by atoms with E-state index < -0.39 is 0 Å². The molecule has 0 radical (unpaired) electrons. The monoisotopic (exact) mass is 265 g/mol. The maximum atomic E-state index is 3.53. The molecule has 1 aliphatic carbocycles. The summed E-state index contributed by atoms with van der Waals surface area (Å²) < 4.78 is 0. The lowest BCUT2D eigenvalue weighted by molar-refractivity contribution is 0.157. The van der Waals surface area contributed by atoms with Crippen LogP contribution in [0.25, 0.3) is 0 Å². The van der Waals surface area contributed by atoms with Crippen LogP contribution >= 0.6 is 0 Å². The van der Waals surface area contributed by atoms with Crippen molar-refractivity contribution < 1.29 is 0 Å². The first-order chi connectivity index (χ1) is 9.36. The van der Waals surface area contributed by atoms with E-state index in [1.54, 1.807) is 0 Å². The quantitative estimate of drug-likeness (QED) is 0.838. The summed E-state index contributed by atoms with van der Waals surface area (Å²) in [7, 11) is 2.14. The average molecular weight is 265 g/mol. The summed E-state index contributed by atoms with van der Waals surface area (Å²) in [5.74, 6) is 0.908. The molecule has 2 saturated heterocycles. The van der Waals surface area contributed by atoms with Gasteiger partial charge in [0.2, 0.25) is 0 Å². The predicted molar refractivity (Wildman–Crippen MR) is 80.5 cm³/mol. The number of rotatable bonds is 4. The predicted octanol–water partition coefficient (Wildman–Crippen LogP) is 1.93. The normalized spacial score (nSPS) is 38.1. The Hall–Kier alpha value is -0.120. The highest BCUT2D eigenvalue weighted by atomic mass is 15.3. The molecule has 0 amide bonds. The molecular weight excluding hydrogens is 234 g/mol. The molecule has 0 spiro atoms. The third-order valence-corrected chi connectivity index (χ3v) is 5.68. The molecule has 0 aromatic rings. The van der Waals surface area contributed by atoms with Crippen molar-refractivity contribution >= 4 is 0 Å². The molecule has 2 aliphatic heterocycles. The lowest BCUT2D eigenvalue weighted by atomic mass is 10.0. The van der Waals surface area contributed by atoms with Gasteiger partial charge in [0.05, 0.1) is 0 Å². The van der Waals surface area contributed by atoms with E-state index in [4.69, 9.17) is 0 Å². The Bertz CT molecular complexity index is 275. The Balaban J connectivity index is 1.46. The van der Waals surface area contributed by atoms with Gasteiger partial charge in [-0.05, 0) is 64.7 Å². The van der Waals surface area contributed by atoms with Crippen LogP contribution in [0.4, 0.5) is 0 Å². The molecule has 1 saturated carbocycles. The van der Waals surface area contributed by atoms with Gasteiger partial charge < -0.3 is 10.2 Å². The van der Waals surface area contributed by atoms with E-state index in [0.717, 1.165) is 18.0 Å². The smallest absolute Gasteiger partial charge is 0.0235 e. The van der Waals surface area contributed by atoms with E-state index in [1.165, 1.54) is 77.7 Å². The van der Waals surface area contributed by atoms with E-state index in [2.05, 4.69) is 22.2 Å². The molecule has 19 heavy (non-hydrogen) atoms. The number of nitrogens with one attached hydrogen (secondary N) is 1. The third kappa shape index (κ3) is 3.32. The maximum Gasteiger partial charge on any atom is 0.0235 e. The van der Waals surface area contributed by atoms with Crippen molar-refractivity contribution in [3.8, 4) is 0 Å². The standard InChI is InChI=1S/C16H31N3/c1-17-16-7-5-6-14(16)12-18-11-8-15(13-18)19-9-3-2-4-10-19/h14-17H,2-13H2,1H3. The Labute approximate surface area is 118 Å². The highest BCUT2D eigenvalue weighted by molar-refractivity contribution is 4.89. The van der Waals surface area contributed by atoms with Gasteiger partial charge in [0.25, 0.3) is 0 Å². The molecule has 110 valence electrons. The fourth-order valence-electron chi connectivity index (χ4n) is 4.53. The molecule has 3 aliphatic rings. The van der Waals surface area contributed by atoms with E-state index >= 15 is 0 Å². The first-order valence-electron chi connectivity index (χ1n) is 8.50. The average Bonchev–Trinajstić information content (AvgIpc) is 3.09. The van der Waals surface area contributed by atoms with Crippen molar-refractivity contribution in [3.63, 3.8) is 0 Å². The second-order valence-electron chi connectivity index (χ2n) is 6.88. The van der Waals surface area contributed by atoms with E-state index in [9.17, 15) is 0 Å². The third-order valence-electron chi connectivity index (χ3n) is 5.68. The van der Waals surface area contributed by atoms with Gasteiger partial charge in [-0.3, -0.25) is 4.90 Å². The van der Waals surface area contributed by atoms with Crippen molar-refractivity contribution in [3.05, 3.63) is 0 Å². The van der Waals surface area contributed by atoms with Crippen LogP contribution in [0.5, 0.6) is 0 Å². The van der Waals surface area contributed by atoms with Gasteiger partial charge in [0.1, 0.15) is 0 Å². The lowest BCUT2D eigenvalue weighted by Crippen LogP contribution is -2.42. The number of piperidine rings is 1. The molecule has 2 heterocycles. The summed E-state index contributed by atoms with van der Waals surface area (Å²) in [6, 6.07) is 1.66. The van der Waals surface area contributed by atoms with Crippen LogP contribution in [-0.2, 0) is 0 Å². The number of hydrogen-bond donors (Lipinski definition) is 1. The second-order valence-corrected chi connectivity index (χ2v) is 6.88. The minimum atomic E-state index is 0.786. The summed E-state index contributed by atoms with van der Waals surface area (Å²) in [4.78, 5) is 5.52. The molecule has 0 bridgehead atoms. The lowest BCUT2D eigenvalue weighted by Gasteiger charge is -2.32. The molecule has 3 rings (SSSR count). The van der Waals surface area contributed by atoms with Crippen molar-refractivity contribution in [1.29, 1.82) is 0 Å². The zero-order valence-corrected chi connectivity index (χ0v) is 12.6. The van der Waals surface area contributed by atoms with E-state index in [1.807, 2.05) is 0 Å². The number of likely N-dealkylation sites (tertiary alicyclic amines) is 2. The van der Waals surface area contributed by atoms with Gasteiger partial charge in [-0.2, -0.15) is 0 Å². The molecule has 1 N–H and O–H groups in total. The zero-order chi connectivity index (χ0) is 13.1. The fraction of sp³-hybridized carbons (Fsp3) is 1.00. The van der Waals surface area contributed by atoms with Crippen molar-refractivity contribution in [2.24, 2.45) is 5.92 Å². The summed E-state index contributed by atoms with van der Waals surface area (Å²) in [5.41, 5.74) is 0. The van der Waals surface area contributed by atoms with Crippen LogP contribution in [0, 0.1) is 5.92 Å². The molecule has 3 fully saturated rings. The van der Waals surface area contributed by atoms with E-state index in [-0.39, 0.29) is 0 Å². The first kappa shape index (κ1) is 13.8. The van der Waals surface area contributed by atoms with Gasteiger partial charge >= 0.3 is 0 Å². The van der Waals surface area contributed by atoms with Crippen LogP contribution in [0.3, 0.4) is 0 Å². The van der Waals surface area contributed by atoms with Gasteiger partial charge in [0.15, 0.2) is 0 Å². The molecule has 0 aromatic carbocycles. The summed E-state index contributed by atoms with van der Waals surface area (Å²) >= 11 is 0. The van der Waals surface area contributed by atoms with Crippen LogP contribution in [0.15, 0.2) is 0 Å². The summed E-state index contributed by atoms with van der Waals surface area (Å²) in [6.07, 6.45) is 10.00. The minimum Gasteiger partial charge on any atom is -0.317 e. The highest BCUT2D eigenvalue weighted by Gasteiger charge is 2.32. The van der Waals surface area contributed by atoms with Crippen molar-refractivity contribution in [2.45, 2.75) is 57.0 Å². The fourth-order valence-corrected chi connectivity index (χ4v) is 4.53.